The average Bonchev–Trinajstić information content (AvgIpc) is 2.04. The second-order valence-electron chi connectivity index (χ2n) is 2.49. The molecule has 12 heavy (non-hydrogen) atoms. The highest BCUT2D eigenvalue weighted by atomic mass is 19.1. The van der Waals surface area contributed by atoms with E-state index in [-0.39, 0.29) is 11.3 Å². The van der Waals surface area contributed by atoms with Crippen LogP contribution in [0.1, 0.15) is 18.5 Å². The number of ketones is 1. The van der Waals surface area contributed by atoms with E-state index in [0.29, 0.717) is 0 Å². The summed E-state index contributed by atoms with van der Waals surface area (Å²) in [6.07, 6.45) is 2.44. The molecule has 0 aromatic carbocycles. The van der Waals surface area contributed by atoms with Gasteiger partial charge in [-0.15, -0.1) is 0 Å². The molecular weight excluding hydrogens is 159 g/mol. The second kappa shape index (κ2) is 3.40. The lowest BCUT2D eigenvalue weighted by Gasteiger charge is -2.07. The smallest absolute Gasteiger partial charge is 0.151 e. The van der Waals surface area contributed by atoms with Crippen LogP contribution < -0.4 is 5.73 Å². The van der Waals surface area contributed by atoms with Crippen LogP contribution in [0, 0.1) is 5.82 Å². The van der Waals surface area contributed by atoms with Gasteiger partial charge in [-0.1, -0.05) is 0 Å². The van der Waals surface area contributed by atoms with Crippen LogP contribution in [-0.4, -0.2) is 10.8 Å². The van der Waals surface area contributed by atoms with Crippen LogP contribution in [-0.2, 0) is 4.79 Å². The van der Waals surface area contributed by atoms with E-state index >= 15 is 0 Å². The predicted octanol–water partition coefficient (Wildman–Crippen LogP) is 0.809. The molecule has 1 atom stereocenters. The molecule has 3 nitrogen and oxygen atoms in total. The van der Waals surface area contributed by atoms with Gasteiger partial charge in [-0.05, 0) is 13.0 Å². The molecule has 1 aromatic rings. The Labute approximate surface area is 69.4 Å². The Morgan fingerprint density at radius 1 is 1.75 bits per heavy atom. The molecule has 0 amide bonds. The van der Waals surface area contributed by atoms with Crippen LogP contribution in [0.15, 0.2) is 18.5 Å². The first-order valence-electron chi connectivity index (χ1n) is 3.48. The molecule has 0 aliphatic rings. The minimum atomic E-state index is -0.881. The summed E-state index contributed by atoms with van der Waals surface area (Å²) in [7, 11) is 0. The predicted molar refractivity (Wildman–Crippen MR) is 41.8 cm³/mol. The molecule has 64 valence electrons. The average molecular weight is 168 g/mol. The van der Waals surface area contributed by atoms with Gasteiger partial charge >= 0.3 is 0 Å². The van der Waals surface area contributed by atoms with Gasteiger partial charge in [-0.3, -0.25) is 9.78 Å². The summed E-state index contributed by atoms with van der Waals surface area (Å²) >= 11 is 0. The van der Waals surface area contributed by atoms with E-state index in [2.05, 4.69) is 4.98 Å². The maximum absolute atomic E-state index is 12.9. The molecule has 4 heteroatoms. The van der Waals surface area contributed by atoms with E-state index in [1.807, 2.05) is 0 Å². The van der Waals surface area contributed by atoms with Gasteiger partial charge in [0.1, 0.15) is 5.82 Å². The van der Waals surface area contributed by atoms with E-state index in [0.717, 1.165) is 6.20 Å². The van der Waals surface area contributed by atoms with Crippen LogP contribution in [0.4, 0.5) is 4.39 Å². The van der Waals surface area contributed by atoms with Crippen molar-refractivity contribution in [2.75, 3.05) is 0 Å². The van der Waals surface area contributed by atoms with Gasteiger partial charge in [0.25, 0.3) is 0 Å². The summed E-state index contributed by atoms with van der Waals surface area (Å²) in [5.41, 5.74) is 5.61. The number of hydrogen-bond donors (Lipinski definition) is 1. The fraction of sp³-hybridized carbons (Fsp3) is 0.250. The molecule has 1 heterocycles. The number of nitrogens with zero attached hydrogens (tertiary/aromatic N) is 1. The highest BCUT2D eigenvalue weighted by Crippen LogP contribution is 2.13. The molecule has 0 radical (unpaired) electrons. The van der Waals surface area contributed by atoms with Gasteiger partial charge in [0.15, 0.2) is 5.78 Å². The van der Waals surface area contributed by atoms with Crippen molar-refractivity contribution >= 4 is 5.78 Å². The number of rotatable bonds is 2. The van der Waals surface area contributed by atoms with Gasteiger partial charge in [-0.25, -0.2) is 4.39 Å². The third-order valence-electron chi connectivity index (χ3n) is 1.58. The number of carbonyl (C=O) groups excluding carboxylic acids is 1. The van der Waals surface area contributed by atoms with Crippen molar-refractivity contribution in [3.63, 3.8) is 0 Å². The van der Waals surface area contributed by atoms with Crippen LogP contribution in [0.3, 0.4) is 0 Å². The first-order chi connectivity index (χ1) is 5.63. The summed E-state index contributed by atoms with van der Waals surface area (Å²) in [6.45, 7) is 1.32. The zero-order valence-corrected chi connectivity index (χ0v) is 6.62. The molecule has 0 fully saturated rings. The van der Waals surface area contributed by atoms with E-state index in [1.54, 1.807) is 0 Å². The molecular formula is C8H9FN2O. The van der Waals surface area contributed by atoms with Crippen molar-refractivity contribution in [2.24, 2.45) is 5.73 Å². The third kappa shape index (κ3) is 1.65. The van der Waals surface area contributed by atoms with Crippen molar-refractivity contribution in [2.45, 2.75) is 13.0 Å². The Hall–Kier alpha value is -1.29. The number of hydrogen-bond acceptors (Lipinski definition) is 3. The first kappa shape index (κ1) is 8.80. The Bertz CT molecular complexity index is 301. The van der Waals surface area contributed by atoms with E-state index in [9.17, 15) is 9.18 Å². The van der Waals surface area contributed by atoms with Crippen LogP contribution in [0.5, 0.6) is 0 Å². The molecule has 0 aliphatic carbocycles. The Kier molecular flexibility index (Phi) is 2.50. The number of aromatic nitrogens is 1. The Morgan fingerprint density at radius 2 is 2.42 bits per heavy atom. The summed E-state index contributed by atoms with van der Waals surface area (Å²) < 4.78 is 12.9. The standard InChI is InChI=1S/C8H9FN2O/c1-5(12)8(10)6-2-3-11-4-7(6)9/h2-4,8H,10H2,1H3. The molecule has 0 saturated heterocycles. The number of halogens is 1. The topological polar surface area (TPSA) is 56.0 Å². The summed E-state index contributed by atoms with van der Waals surface area (Å²) in [4.78, 5) is 14.3. The highest BCUT2D eigenvalue weighted by Gasteiger charge is 2.14. The Balaban J connectivity index is 3.02. The maximum Gasteiger partial charge on any atom is 0.151 e. The lowest BCUT2D eigenvalue weighted by molar-refractivity contribution is -0.118. The minimum Gasteiger partial charge on any atom is -0.318 e. The molecule has 1 unspecified atom stereocenters. The van der Waals surface area contributed by atoms with E-state index in [4.69, 9.17) is 5.73 Å². The maximum atomic E-state index is 12.9. The minimum absolute atomic E-state index is 0.192. The number of carbonyl (C=O) groups is 1. The summed E-state index contributed by atoms with van der Waals surface area (Å²) in [6, 6.07) is 0.523. The van der Waals surface area contributed by atoms with Crippen LogP contribution in [0.2, 0.25) is 0 Å². The monoisotopic (exact) mass is 168 g/mol. The van der Waals surface area contributed by atoms with Gasteiger partial charge in [-0.2, -0.15) is 0 Å². The largest absolute Gasteiger partial charge is 0.318 e. The molecule has 0 aliphatic heterocycles. The fourth-order valence-corrected chi connectivity index (χ4v) is 0.857. The molecule has 0 bridgehead atoms. The van der Waals surface area contributed by atoms with Gasteiger partial charge < -0.3 is 5.73 Å². The lowest BCUT2D eigenvalue weighted by atomic mass is 10.1. The van der Waals surface area contributed by atoms with Crippen molar-refractivity contribution < 1.29 is 9.18 Å². The van der Waals surface area contributed by atoms with Gasteiger partial charge in [0, 0.05) is 11.8 Å². The van der Waals surface area contributed by atoms with Gasteiger partial charge in [0.05, 0.1) is 12.2 Å². The first-order valence-corrected chi connectivity index (χ1v) is 3.48. The van der Waals surface area contributed by atoms with Crippen molar-refractivity contribution in [1.82, 2.24) is 4.98 Å². The zero-order chi connectivity index (χ0) is 9.14. The second-order valence-corrected chi connectivity index (χ2v) is 2.49. The van der Waals surface area contributed by atoms with Crippen molar-refractivity contribution in [1.29, 1.82) is 0 Å². The molecule has 1 aromatic heterocycles. The zero-order valence-electron chi connectivity index (χ0n) is 6.62. The number of Topliss-reactive ketones (excluding diaryl/α,β-unsaturated/α-hetero) is 1. The summed E-state index contributed by atoms with van der Waals surface area (Å²) in [5, 5.41) is 0. The van der Waals surface area contributed by atoms with Crippen LogP contribution >= 0.6 is 0 Å². The van der Waals surface area contributed by atoms with Crippen LogP contribution in [0.25, 0.3) is 0 Å². The van der Waals surface area contributed by atoms with Crippen molar-refractivity contribution in [3.05, 3.63) is 29.8 Å². The molecule has 0 spiro atoms. The van der Waals surface area contributed by atoms with Crippen molar-refractivity contribution in [3.8, 4) is 0 Å². The Morgan fingerprint density at radius 3 is 2.92 bits per heavy atom. The third-order valence-corrected chi connectivity index (χ3v) is 1.58. The summed E-state index contributed by atoms with van der Waals surface area (Å²) in [5.74, 6) is -0.805. The molecule has 1 rings (SSSR count). The highest BCUT2D eigenvalue weighted by molar-refractivity contribution is 5.82. The van der Waals surface area contributed by atoms with E-state index in [1.165, 1.54) is 19.2 Å². The normalized spacial score (nSPS) is 12.6. The number of nitrogens with two attached hydrogens (primary N) is 1. The van der Waals surface area contributed by atoms with Gasteiger partial charge in [0.2, 0.25) is 0 Å². The molecule has 0 saturated carbocycles. The number of pyridine rings is 1. The molecule has 2 N–H and O–H groups in total. The fourth-order valence-electron chi connectivity index (χ4n) is 0.857. The lowest BCUT2D eigenvalue weighted by Crippen LogP contribution is -2.19. The van der Waals surface area contributed by atoms with E-state index < -0.39 is 11.9 Å². The quantitative estimate of drug-likeness (QED) is 0.710. The SMILES string of the molecule is CC(=O)C(N)c1ccncc1F.